The average Bonchev–Trinajstić information content (AvgIpc) is 2.84. The summed E-state index contributed by atoms with van der Waals surface area (Å²) in [6.45, 7) is 12.3. The predicted octanol–water partition coefficient (Wildman–Crippen LogP) is 2.84. The Labute approximate surface area is 126 Å². The molecule has 5 heteroatoms. The molecule has 0 aliphatic heterocycles. The molecule has 0 bridgehead atoms. The van der Waals surface area contributed by atoms with Gasteiger partial charge in [0.25, 0.3) is 0 Å². The number of imidazole rings is 1. The van der Waals surface area contributed by atoms with Gasteiger partial charge in [-0.3, -0.25) is 0 Å². The van der Waals surface area contributed by atoms with Gasteiger partial charge in [-0.1, -0.05) is 27.7 Å². The predicted molar refractivity (Wildman–Crippen MR) is 84.5 cm³/mol. The van der Waals surface area contributed by atoms with Gasteiger partial charge in [-0.15, -0.1) is 0 Å². The van der Waals surface area contributed by atoms with Gasteiger partial charge in [0.2, 0.25) is 0 Å². The van der Waals surface area contributed by atoms with Crippen molar-refractivity contribution in [2.45, 2.75) is 47.1 Å². The normalized spacial score (nSPS) is 11.6. The Kier molecular flexibility index (Phi) is 5.07. The van der Waals surface area contributed by atoms with E-state index in [0.29, 0.717) is 11.8 Å². The van der Waals surface area contributed by atoms with Crippen molar-refractivity contribution >= 4 is 0 Å². The minimum atomic E-state index is 0.326. The van der Waals surface area contributed by atoms with Gasteiger partial charge in [0.05, 0.1) is 17.6 Å². The van der Waals surface area contributed by atoms with E-state index < -0.39 is 0 Å². The maximum atomic E-state index is 4.74. The van der Waals surface area contributed by atoms with Crippen molar-refractivity contribution in [1.29, 1.82) is 0 Å². The molecule has 2 rings (SSSR count). The van der Waals surface area contributed by atoms with Crippen LogP contribution in [0.5, 0.6) is 0 Å². The van der Waals surface area contributed by atoms with E-state index in [4.69, 9.17) is 4.98 Å². The van der Waals surface area contributed by atoms with Crippen molar-refractivity contribution in [2.24, 2.45) is 5.92 Å². The number of nitrogens with one attached hydrogen (secondary N) is 1. The molecule has 0 saturated carbocycles. The summed E-state index contributed by atoms with van der Waals surface area (Å²) in [5.74, 6) is 2.78. The maximum Gasteiger partial charge on any atom is 0.131 e. The highest BCUT2D eigenvalue weighted by Crippen LogP contribution is 2.17. The average molecular weight is 287 g/mol. The fourth-order valence-corrected chi connectivity index (χ4v) is 2.15. The number of aromatic nitrogens is 4. The van der Waals surface area contributed by atoms with Gasteiger partial charge < -0.3 is 9.88 Å². The first-order valence-corrected chi connectivity index (χ1v) is 7.56. The minimum absolute atomic E-state index is 0.326. The topological polar surface area (TPSA) is 55.6 Å². The summed E-state index contributed by atoms with van der Waals surface area (Å²) in [5.41, 5.74) is 2.03. The van der Waals surface area contributed by atoms with Crippen LogP contribution in [0, 0.1) is 12.8 Å². The quantitative estimate of drug-likeness (QED) is 0.887. The van der Waals surface area contributed by atoms with Gasteiger partial charge in [-0.05, 0) is 19.4 Å². The molecule has 114 valence electrons. The lowest BCUT2D eigenvalue weighted by Gasteiger charge is -2.14. The lowest BCUT2D eigenvalue weighted by atomic mass is 10.2. The Morgan fingerprint density at radius 1 is 1.19 bits per heavy atom. The molecule has 0 saturated heterocycles. The molecule has 0 amide bonds. The molecule has 21 heavy (non-hydrogen) atoms. The SMILES string of the molecule is Cc1nccn1-c1cnc(C(C)C)nc1CNCC(C)C. The number of hydrogen-bond acceptors (Lipinski definition) is 4. The van der Waals surface area contributed by atoms with Crippen molar-refractivity contribution in [3.05, 3.63) is 35.9 Å². The van der Waals surface area contributed by atoms with Crippen molar-refractivity contribution in [3.63, 3.8) is 0 Å². The second-order valence-corrected chi connectivity index (χ2v) is 6.08. The highest BCUT2D eigenvalue weighted by molar-refractivity contribution is 5.36. The molecule has 5 nitrogen and oxygen atoms in total. The summed E-state index contributed by atoms with van der Waals surface area (Å²) in [6, 6.07) is 0. The molecule has 0 unspecified atom stereocenters. The molecule has 2 aromatic heterocycles. The molecule has 0 radical (unpaired) electrons. The summed E-state index contributed by atoms with van der Waals surface area (Å²) >= 11 is 0. The third kappa shape index (κ3) is 3.88. The van der Waals surface area contributed by atoms with Crippen LogP contribution < -0.4 is 5.32 Å². The second-order valence-electron chi connectivity index (χ2n) is 6.08. The molecule has 0 spiro atoms. The fraction of sp³-hybridized carbons (Fsp3) is 0.562. The summed E-state index contributed by atoms with van der Waals surface area (Å²) < 4.78 is 2.04. The zero-order chi connectivity index (χ0) is 15.4. The van der Waals surface area contributed by atoms with E-state index >= 15 is 0 Å². The van der Waals surface area contributed by atoms with E-state index in [1.165, 1.54) is 0 Å². The monoisotopic (exact) mass is 287 g/mol. The van der Waals surface area contributed by atoms with Gasteiger partial charge in [0, 0.05) is 24.9 Å². The van der Waals surface area contributed by atoms with Crippen molar-refractivity contribution in [2.75, 3.05) is 6.54 Å². The highest BCUT2D eigenvalue weighted by atomic mass is 15.1. The molecular formula is C16H25N5. The molecule has 1 N–H and O–H groups in total. The van der Waals surface area contributed by atoms with E-state index in [1.807, 2.05) is 23.9 Å². The lowest BCUT2D eigenvalue weighted by molar-refractivity contribution is 0.545. The van der Waals surface area contributed by atoms with Crippen molar-refractivity contribution in [1.82, 2.24) is 24.8 Å². The van der Waals surface area contributed by atoms with E-state index in [2.05, 4.69) is 43.0 Å². The van der Waals surface area contributed by atoms with Crippen LogP contribution in [0.25, 0.3) is 5.69 Å². The van der Waals surface area contributed by atoms with Gasteiger partial charge in [-0.2, -0.15) is 0 Å². The van der Waals surface area contributed by atoms with Crippen LogP contribution in [-0.2, 0) is 6.54 Å². The fourth-order valence-electron chi connectivity index (χ4n) is 2.15. The summed E-state index contributed by atoms with van der Waals surface area (Å²) in [7, 11) is 0. The zero-order valence-corrected chi connectivity index (χ0v) is 13.6. The van der Waals surface area contributed by atoms with Crippen LogP contribution in [0.3, 0.4) is 0 Å². The Hall–Kier alpha value is -1.75. The number of nitrogens with zero attached hydrogens (tertiary/aromatic N) is 4. The van der Waals surface area contributed by atoms with Gasteiger partial charge in [0.15, 0.2) is 0 Å². The highest BCUT2D eigenvalue weighted by Gasteiger charge is 2.12. The first-order valence-electron chi connectivity index (χ1n) is 7.56. The number of rotatable bonds is 6. The van der Waals surface area contributed by atoms with E-state index in [1.54, 1.807) is 6.20 Å². The maximum absolute atomic E-state index is 4.74. The van der Waals surface area contributed by atoms with E-state index in [0.717, 1.165) is 36.1 Å². The molecular weight excluding hydrogens is 262 g/mol. The van der Waals surface area contributed by atoms with Crippen LogP contribution in [0.2, 0.25) is 0 Å². The Balaban J connectivity index is 2.32. The third-order valence-corrected chi connectivity index (χ3v) is 3.31. The van der Waals surface area contributed by atoms with Gasteiger partial charge in [-0.25, -0.2) is 15.0 Å². The van der Waals surface area contributed by atoms with Crippen molar-refractivity contribution < 1.29 is 0 Å². The first-order chi connectivity index (χ1) is 9.99. The second kappa shape index (κ2) is 6.80. The summed E-state index contributed by atoms with van der Waals surface area (Å²) in [4.78, 5) is 13.5. The van der Waals surface area contributed by atoms with Crippen LogP contribution >= 0.6 is 0 Å². The molecule has 2 aromatic rings. The Morgan fingerprint density at radius 2 is 1.95 bits per heavy atom. The van der Waals surface area contributed by atoms with Gasteiger partial charge in [0.1, 0.15) is 11.6 Å². The van der Waals surface area contributed by atoms with E-state index in [9.17, 15) is 0 Å². The summed E-state index contributed by atoms with van der Waals surface area (Å²) in [5, 5.41) is 3.47. The van der Waals surface area contributed by atoms with Crippen molar-refractivity contribution in [3.8, 4) is 5.69 Å². The Morgan fingerprint density at radius 3 is 2.52 bits per heavy atom. The molecule has 2 heterocycles. The largest absolute Gasteiger partial charge is 0.311 e. The van der Waals surface area contributed by atoms with Crippen LogP contribution in [0.4, 0.5) is 0 Å². The van der Waals surface area contributed by atoms with Gasteiger partial charge >= 0.3 is 0 Å². The van der Waals surface area contributed by atoms with Crippen LogP contribution in [0.15, 0.2) is 18.6 Å². The minimum Gasteiger partial charge on any atom is -0.311 e. The molecule has 0 aliphatic carbocycles. The van der Waals surface area contributed by atoms with E-state index in [-0.39, 0.29) is 0 Å². The molecule has 0 fully saturated rings. The number of aryl methyl sites for hydroxylation is 1. The van der Waals surface area contributed by atoms with Crippen LogP contribution in [0.1, 0.15) is 51.0 Å². The number of hydrogen-bond donors (Lipinski definition) is 1. The van der Waals surface area contributed by atoms with Crippen LogP contribution in [-0.4, -0.2) is 26.1 Å². The lowest BCUT2D eigenvalue weighted by Crippen LogP contribution is -2.21. The summed E-state index contributed by atoms with van der Waals surface area (Å²) in [6.07, 6.45) is 5.66. The zero-order valence-electron chi connectivity index (χ0n) is 13.6. The third-order valence-electron chi connectivity index (χ3n) is 3.31. The molecule has 0 aromatic carbocycles. The standard InChI is InChI=1S/C16H25N5/c1-11(2)8-17-9-14-15(21-7-6-18-13(21)5)10-19-16(20-14)12(3)4/h6-7,10-12,17H,8-9H2,1-5H3. The Bertz CT molecular complexity index is 586. The smallest absolute Gasteiger partial charge is 0.131 e. The molecule has 0 aliphatic rings. The first kappa shape index (κ1) is 15.6. The molecule has 0 atom stereocenters.